The van der Waals surface area contributed by atoms with Crippen LogP contribution < -0.4 is 9.80 Å². The second-order valence-electron chi connectivity index (χ2n) is 13.0. The monoisotopic (exact) mass is 664 g/mol. The number of fused-ring (bicyclic) bond motifs is 2. The Kier molecular flexibility index (Phi) is 8.24. The van der Waals surface area contributed by atoms with Crippen LogP contribution in [0.1, 0.15) is 0 Å². The topological polar surface area (TPSA) is 6.48 Å². The normalized spacial score (nSPS) is 11.1. The number of para-hydroxylation sites is 1. The Balaban J connectivity index is 1.12. The molecule has 0 aliphatic heterocycles. The van der Waals surface area contributed by atoms with Gasteiger partial charge in [0, 0.05) is 33.5 Å². The summed E-state index contributed by atoms with van der Waals surface area (Å²) in [5.74, 6) is 0. The molecule has 9 rings (SSSR count). The lowest BCUT2D eigenvalue weighted by molar-refractivity contribution is 1.29. The molecule has 0 saturated carbocycles. The lowest BCUT2D eigenvalue weighted by Gasteiger charge is -2.28. The van der Waals surface area contributed by atoms with Gasteiger partial charge in [0.2, 0.25) is 0 Å². The number of benzene rings is 9. The molecule has 0 atom stereocenters. The van der Waals surface area contributed by atoms with Crippen LogP contribution in [0.15, 0.2) is 218 Å². The first-order valence-corrected chi connectivity index (χ1v) is 17.8. The van der Waals surface area contributed by atoms with Crippen LogP contribution in [0.2, 0.25) is 0 Å². The molecular formula is C50H36N2. The Labute approximate surface area is 305 Å². The lowest BCUT2D eigenvalue weighted by atomic mass is 10.0. The highest BCUT2D eigenvalue weighted by Crippen LogP contribution is 2.42. The molecule has 0 heterocycles. The van der Waals surface area contributed by atoms with Gasteiger partial charge < -0.3 is 9.80 Å². The number of anilines is 6. The lowest BCUT2D eigenvalue weighted by Crippen LogP contribution is -2.11. The fourth-order valence-corrected chi connectivity index (χ4v) is 7.30. The van der Waals surface area contributed by atoms with Gasteiger partial charge in [-0.2, -0.15) is 0 Å². The van der Waals surface area contributed by atoms with Gasteiger partial charge in [0.25, 0.3) is 0 Å². The molecule has 0 aliphatic carbocycles. The van der Waals surface area contributed by atoms with Gasteiger partial charge in [0.1, 0.15) is 0 Å². The molecule has 0 aromatic heterocycles. The van der Waals surface area contributed by atoms with Crippen LogP contribution in [0.25, 0.3) is 43.8 Å². The van der Waals surface area contributed by atoms with Crippen molar-refractivity contribution in [3.63, 3.8) is 0 Å². The fraction of sp³-hybridized carbons (Fsp3) is 0. The zero-order chi connectivity index (χ0) is 34.7. The number of hydrogen-bond acceptors (Lipinski definition) is 2. The average molecular weight is 665 g/mol. The van der Waals surface area contributed by atoms with Crippen molar-refractivity contribution >= 4 is 55.7 Å². The molecule has 0 aliphatic rings. The van der Waals surface area contributed by atoms with Gasteiger partial charge in [-0.3, -0.25) is 0 Å². The molecule has 0 fully saturated rings. The highest BCUT2D eigenvalue weighted by Gasteiger charge is 2.18. The first kappa shape index (κ1) is 31.1. The highest BCUT2D eigenvalue weighted by atomic mass is 15.1. The summed E-state index contributed by atoms with van der Waals surface area (Å²) in [7, 11) is 0. The Morgan fingerprint density at radius 2 is 0.596 bits per heavy atom. The first-order chi connectivity index (χ1) is 25.8. The van der Waals surface area contributed by atoms with Crippen LogP contribution in [0, 0.1) is 0 Å². The van der Waals surface area contributed by atoms with Gasteiger partial charge in [0.05, 0.1) is 11.4 Å². The van der Waals surface area contributed by atoms with Crippen molar-refractivity contribution in [1.29, 1.82) is 0 Å². The van der Waals surface area contributed by atoms with E-state index in [-0.39, 0.29) is 0 Å². The van der Waals surface area contributed by atoms with Gasteiger partial charge in [-0.15, -0.1) is 0 Å². The van der Waals surface area contributed by atoms with E-state index in [9.17, 15) is 0 Å². The molecule has 0 radical (unpaired) electrons. The van der Waals surface area contributed by atoms with E-state index in [0.29, 0.717) is 0 Å². The minimum Gasteiger partial charge on any atom is -0.310 e. The van der Waals surface area contributed by atoms with Gasteiger partial charge in [-0.1, -0.05) is 158 Å². The molecule has 9 aromatic carbocycles. The van der Waals surface area contributed by atoms with Crippen molar-refractivity contribution in [2.75, 3.05) is 9.80 Å². The maximum atomic E-state index is 2.38. The molecule has 0 bridgehead atoms. The predicted octanol–water partition coefficient (Wildman–Crippen LogP) is 14.3. The average Bonchev–Trinajstić information content (AvgIpc) is 3.23. The molecule has 2 heteroatoms. The van der Waals surface area contributed by atoms with E-state index in [1.807, 2.05) is 0 Å². The third-order valence-electron chi connectivity index (χ3n) is 9.83. The molecule has 246 valence electrons. The molecule has 0 amide bonds. The van der Waals surface area contributed by atoms with E-state index in [1.54, 1.807) is 0 Å². The SMILES string of the molecule is c1ccc(-c2ccc(N(c3cccc(-c4ccc(N(c5ccccc5)c5cccc6ccccc56)cc4)c3)c3cccc4ccccc34)cc2)cc1. The Bertz CT molecular complexity index is 2600. The van der Waals surface area contributed by atoms with Crippen molar-refractivity contribution in [3.05, 3.63) is 218 Å². The summed E-state index contributed by atoms with van der Waals surface area (Å²) in [4.78, 5) is 4.73. The van der Waals surface area contributed by atoms with Crippen molar-refractivity contribution in [2.24, 2.45) is 0 Å². The number of hydrogen-bond donors (Lipinski definition) is 0. The largest absolute Gasteiger partial charge is 0.310 e. The predicted molar refractivity (Wildman–Crippen MR) is 222 cm³/mol. The summed E-state index contributed by atoms with van der Waals surface area (Å²) in [5.41, 5.74) is 11.5. The zero-order valence-electron chi connectivity index (χ0n) is 28.7. The molecule has 0 N–H and O–H groups in total. The van der Waals surface area contributed by atoms with E-state index in [2.05, 4.69) is 228 Å². The number of nitrogens with zero attached hydrogens (tertiary/aromatic N) is 2. The summed E-state index contributed by atoms with van der Waals surface area (Å²) in [6, 6.07) is 78.3. The molecule has 0 saturated heterocycles. The minimum atomic E-state index is 1.10. The van der Waals surface area contributed by atoms with Gasteiger partial charge in [0.15, 0.2) is 0 Å². The fourth-order valence-electron chi connectivity index (χ4n) is 7.30. The standard InChI is InChI=1S/C50H36N2/c1-3-14-37(15-4-1)38-28-32-45(33-29-38)52(50-27-13-19-41-17-8-10-25-48(41)50)46-23-11-20-42(36-46)39-30-34-44(35-31-39)51(43-21-5-2-6-22-43)49-26-12-18-40-16-7-9-24-47(40)49/h1-36H. The van der Waals surface area contributed by atoms with Crippen molar-refractivity contribution in [2.45, 2.75) is 0 Å². The maximum absolute atomic E-state index is 2.38. The Morgan fingerprint density at radius 1 is 0.231 bits per heavy atom. The van der Waals surface area contributed by atoms with Crippen LogP contribution in [0.5, 0.6) is 0 Å². The van der Waals surface area contributed by atoms with Gasteiger partial charge in [-0.25, -0.2) is 0 Å². The molecule has 0 spiro atoms. The van der Waals surface area contributed by atoms with Gasteiger partial charge in [-0.05, 0) is 93.7 Å². The van der Waals surface area contributed by atoms with Crippen LogP contribution >= 0.6 is 0 Å². The molecule has 2 nitrogen and oxygen atoms in total. The maximum Gasteiger partial charge on any atom is 0.0540 e. The summed E-state index contributed by atoms with van der Waals surface area (Å²) >= 11 is 0. The number of rotatable bonds is 8. The van der Waals surface area contributed by atoms with E-state index >= 15 is 0 Å². The summed E-state index contributed by atoms with van der Waals surface area (Å²) in [6.45, 7) is 0. The molecule has 52 heavy (non-hydrogen) atoms. The van der Waals surface area contributed by atoms with Crippen molar-refractivity contribution < 1.29 is 0 Å². The quantitative estimate of drug-likeness (QED) is 0.159. The second-order valence-corrected chi connectivity index (χ2v) is 13.0. The zero-order valence-corrected chi connectivity index (χ0v) is 28.7. The smallest absolute Gasteiger partial charge is 0.0540 e. The van der Waals surface area contributed by atoms with Crippen LogP contribution in [-0.2, 0) is 0 Å². The third-order valence-corrected chi connectivity index (χ3v) is 9.83. The van der Waals surface area contributed by atoms with Crippen LogP contribution in [0.3, 0.4) is 0 Å². The molecule has 0 unspecified atom stereocenters. The van der Waals surface area contributed by atoms with E-state index in [4.69, 9.17) is 0 Å². The third kappa shape index (κ3) is 5.97. The molecular weight excluding hydrogens is 629 g/mol. The van der Waals surface area contributed by atoms with E-state index < -0.39 is 0 Å². The first-order valence-electron chi connectivity index (χ1n) is 17.8. The van der Waals surface area contributed by atoms with E-state index in [1.165, 1.54) is 32.7 Å². The Hall–Kier alpha value is -6.90. The minimum absolute atomic E-state index is 1.10. The van der Waals surface area contributed by atoms with Crippen LogP contribution in [0.4, 0.5) is 34.1 Å². The molecule has 9 aromatic rings. The highest BCUT2D eigenvalue weighted by molar-refractivity contribution is 6.00. The van der Waals surface area contributed by atoms with Crippen molar-refractivity contribution in [1.82, 2.24) is 0 Å². The summed E-state index contributed by atoms with van der Waals surface area (Å²) in [5, 5.41) is 4.86. The van der Waals surface area contributed by atoms with E-state index in [0.717, 1.165) is 45.3 Å². The van der Waals surface area contributed by atoms with Crippen LogP contribution in [-0.4, -0.2) is 0 Å². The Morgan fingerprint density at radius 3 is 1.17 bits per heavy atom. The summed E-state index contributed by atoms with van der Waals surface area (Å²) in [6.07, 6.45) is 0. The van der Waals surface area contributed by atoms with Gasteiger partial charge >= 0.3 is 0 Å². The summed E-state index contributed by atoms with van der Waals surface area (Å²) < 4.78 is 0. The van der Waals surface area contributed by atoms with Crippen molar-refractivity contribution in [3.8, 4) is 22.3 Å². The second kappa shape index (κ2) is 13.8.